The number of aromatic nitrogens is 1. The lowest BCUT2D eigenvalue weighted by Crippen LogP contribution is -2.26. The molecule has 0 atom stereocenters. The molecule has 0 spiro atoms. The van der Waals surface area contributed by atoms with E-state index in [2.05, 4.69) is 48.3 Å². The molecule has 2 rings (SSSR count). The zero-order valence-corrected chi connectivity index (χ0v) is 14.1. The van der Waals surface area contributed by atoms with Gasteiger partial charge in [-0.25, -0.2) is 13.1 Å². The number of nitrogens with one attached hydrogen (secondary N) is 2. The third-order valence-electron chi connectivity index (χ3n) is 3.37. The maximum atomic E-state index is 11.2. The van der Waals surface area contributed by atoms with Crippen LogP contribution < -0.4 is 10.0 Å². The van der Waals surface area contributed by atoms with Gasteiger partial charge in [-0.1, -0.05) is 19.1 Å². The first-order chi connectivity index (χ1) is 10.4. The number of rotatable bonds is 7. The molecule has 6 heteroatoms. The average Bonchev–Trinajstić information content (AvgIpc) is 2.80. The highest BCUT2D eigenvalue weighted by molar-refractivity contribution is 7.88. The quantitative estimate of drug-likeness (QED) is 0.824. The van der Waals surface area contributed by atoms with Crippen molar-refractivity contribution in [3.63, 3.8) is 0 Å². The lowest BCUT2D eigenvalue weighted by atomic mass is 10.2. The second kappa shape index (κ2) is 6.98. The fourth-order valence-electron chi connectivity index (χ4n) is 2.27. The molecule has 5 nitrogen and oxygen atoms in total. The number of aryl methyl sites for hydroxylation is 2. The van der Waals surface area contributed by atoms with Crippen LogP contribution in [0.2, 0.25) is 0 Å². The summed E-state index contributed by atoms with van der Waals surface area (Å²) >= 11 is 0. The molecule has 0 saturated heterocycles. The highest BCUT2D eigenvalue weighted by atomic mass is 32.2. The monoisotopic (exact) mass is 321 g/mol. The summed E-state index contributed by atoms with van der Waals surface area (Å²) < 4.78 is 26.9. The lowest BCUT2D eigenvalue weighted by molar-refractivity contribution is 0.579. The van der Waals surface area contributed by atoms with Crippen molar-refractivity contribution in [2.24, 2.45) is 0 Å². The molecular formula is C16H23N3O2S. The zero-order valence-electron chi connectivity index (χ0n) is 13.3. The van der Waals surface area contributed by atoms with Crippen LogP contribution in [0.5, 0.6) is 0 Å². The summed E-state index contributed by atoms with van der Waals surface area (Å²) in [5.74, 6) is 0.970. The Morgan fingerprint density at radius 2 is 2.00 bits per heavy atom. The summed E-state index contributed by atoms with van der Waals surface area (Å²) in [6.45, 7) is 5.11. The number of sulfonamides is 1. The van der Waals surface area contributed by atoms with Crippen LogP contribution in [0, 0.1) is 6.92 Å². The van der Waals surface area contributed by atoms with E-state index in [1.165, 1.54) is 17.4 Å². The van der Waals surface area contributed by atoms with E-state index in [9.17, 15) is 8.42 Å². The summed E-state index contributed by atoms with van der Waals surface area (Å²) in [4.78, 5) is 0. The minimum atomic E-state index is -3.15. The van der Waals surface area contributed by atoms with Crippen molar-refractivity contribution in [1.29, 1.82) is 0 Å². The zero-order chi connectivity index (χ0) is 16.2. The normalized spacial score (nSPS) is 11.6. The molecule has 0 aliphatic rings. The molecule has 0 fully saturated rings. The second-order valence-electron chi connectivity index (χ2n) is 5.44. The predicted molar refractivity (Wildman–Crippen MR) is 91.1 cm³/mol. The van der Waals surface area contributed by atoms with Gasteiger partial charge in [0.15, 0.2) is 0 Å². The van der Waals surface area contributed by atoms with E-state index >= 15 is 0 Å². The van der Waals surface area contributed by atoms with Gasteiger partial charge in [-0.3, -0.25) is 0 Å². The molecule has 0 amide bonds. The van der Waals surface area contributed by atoms with E-state index in [0.717, 1.165) is 17.9 Å². The van der Waals surface area contributed by atoms with Crippen molar-refractivity contribution in [1.82, 2.24) is 9.29 Å². The number of hydrogen-bond donors (Lipinski definition) is 2. The molecule has 0 aliphatic carbocycles. The van der Waals surface area contributed by atoms with Gasteiger partial charge in [0.1, 0.15) is 5.82 Å². The summed E-state index contributed by atoms with van der Waals surface area (Å²) in [5.41, 5.74) is 3.44. The van der Waals surface area contributed by atoms with Crippen LogP contribution in [0.1, 0.15) is 18.1 Å². The van der Waals surface area contributed by atoms with Crippen LogP contribution in [0.4, 0.5) is 11.5 Å². The average molecular weight is 321 g/mol. The number of benzene rings is 1. The standard InChI is InChI=1S/C16H23N3O2S/c1-4-14-11-16(18-15-7-5-6-13(2)10-15)19(12-14)9-8-17-22(3,20)21/h5-7,10-12,17-18H,4,8-9H2,1-3H3. The first kappa shape index (κ1) is 16.6. The van der Waals surface area contributed by atoms with Gasteiger partial charge in [-0.05, 0) is 42.7 Å². The van der Waals surface area contributed by atoms with Crippen LogP contribution in [0.25, 0.3) is 0 Å². The van der Waals surface area contributed by atoms with E-state index in [-0.39, 0.29) is 0 Å². The fourth-order valence-corrected chi connectivity index (χ4v) is 2.74. The largest absolute Gasteiger partial charge is 0.342 e. The maximum Gasteiger partial charge on any atom is 0.208 e. The molecule has 0 bridgehead atoms. The topological polar surface area (TPSA) is 63.1 Å². The SMILES string of the molecule is CCc1cc(Nc2cccc(C)c2)n(CCNS(C)(=O)=O)c1. The molecule has 1 heterocycles. The van der Waals surface area contributed by atoms with E-state index in [0.29, 0.717) is 13.1 Å². The number of nitrogens with zero attached hydrogens (tertiary/aromatic N) is 1. The molecule has 2 N–H and O–H groups in total. The molecule has 0 radical (unpaired) electrons. The van der Waals surface area contributed by atoms with Gasteiger partial charge in [0.2, 0.25) is 10.0 Å². The van der Waals surface area contributed by atoms with Crippen LogP contribution in [0.15, 0.2) is 36.5 Å². The van der Waals surface area contributed by atoms with E-state index in [1.54, 1.807) is 0 Å². The number of anilines is 2. The maximum absolute atomic E-state index is 11.2. The summed E-state index contributed by atoms with van der Waals surface area (Å²) in [7, 11) is -3.15. The highest BCUT2D eigenvalue weighted by Gasteiger charge is 2.07. The first-order valence-electron chi connectivity index (χ1n) is 7.35. The van der Waals surface area contributed by atoms with Crippen molar-refractivity contribution >= 4 is 21.5 Å². The summed E-state index contributed by atoms with van der Waals surface area (Å²) in [6.07, 6.45) is 4.17. The van der Waals surface area contributed by atoms with E-state index < -0.39 is 10.0 Å². The van der Waals surface area contributed by atoms with Crippen LogP contribution in [0.3, 0.4) is 0 Å². The molecule has 120 valence electrons. The molecule has 22 heavy (non-hydrogen) atoms. The van der Waals surface area contributed by atoms with Crippen molar-refractivity contribution < 1.29 is 8.42 Å². The highest BCUT2D eigenvalue weighted by Crippen LogP contribution is 2.21. The van der Waals surface area contributed by atoms with Gasteiger partial charge in [0.25, 0.3) is 0 Å². The minimum Gasteiger partial charge on any atom is -0.342 e. The van der Waals surface area contributed by atoms with Crippen molar-refractivity contribution in [2.75, 3.05) is 18.1 Å². The Morgan fingerprint density at radius 1 is 1.23 bits per heavy atom. The van der Waals surface area contributed by atoms with Gasteiger partial charge in [-0.15, -0.1) is 0 Å². The molecule has 2 aromatic rings. The third-order valence-corrected chi connectivity index (χ3v) is 4.10. The van der Waals surface area contributed by atoms with Crippen LogP contribution >= 0.6 is 0 Å². The van der Waals surface area contributed by atoms with Gasteiger partial charge >= 0.3 is 0 Å². The third kappa shape index (κ3) is 4.89. The Hall–Kier alpha value is -1.79. The predicted octanol–water partition coefficient (Wildman–Crippen LogP) is 2.65. The Labute approximate surface area is 132 Å². The van der Waals surface area contributed by atoms with Crippen molar-refractivity contribution in [3.05, 3.63) is 47.7 Å². The Morgan fingerprint density at radius 3 is 2.64 bits per heavy atom. The van der Waals surface area contributed by atoms with Crippen molar-refractivity contribution in [2.45, 2.75) is 26.8 Å². The Bertz CT molecular complexity index is 736. The van der Waals surface area contributed by atoms with E-state index in [1.807, 2.05) is 16.7 Å². The lowest BCUT2D eigenvalue weighted by Gasteiger charge is -2.12. The minimum absolute atomic E-state index is 0.374. The van der Waals surface area contributed by atoms with Crippen LogP contribution in [-0.2, 0) is 23.0 Å². The summed E-state index contributed by atoms with van der Waals surface area (Å²) in [6, 6.07) is 10.3. The molecule has 0 saturated carbocycles. The molecular weight excluding hydrogens is 298 g/mol. The van der Waals surface area contributed by atoms with Gasteiger partial charge in [0.05, 0.1) is 6.26 Å². The second-order valence-corrected chi connectivity index (χ2v) is 7.27. The molecule has 0 aliphatic heterocycles. The molecule has 0 unspecified atom stereocenters. The van der Waals surface area contributed by atoms with Crippen LogP contribution in [-0.4, -0.2) is 25.8 Å². The van der Waals surface area contributed by atoms with Gasteiger partial charge < -0.3 is 9.88 Å². The Balaban J connectivity index is 2.14. The molecule has 1 aromatic heterocycles. The summed E-state index contributed by atoms with van der Waals surface area (Å²) in [5, 5.41) is 3.40. The first-order valence-corrected chi connectivity index (χ1v) is 9.24. The fraction of sp³-hybridized carbons (Fsp3) is 0.375. The van der Waals surface area contributed by atoms with Gasteiger partial charge in [0, 0.05) is 25.0 Å². The molecule has 1 aromatic carbocycles. The smallest absolute Gasteiger partial charge is 0.208 e. The van der Waals surface area contributed by atoms with E-state index in [4.69, 9.17) is 0 Å². The number of hydrogen-bond acceptors (Lipinski definition) is 3. The van der Waals surface area contributed by atoms with Crippen molar-refractivity contribution in [3.8, 4) is 0 Å². The van der Waals surface area contributed by atoms with Gasteiger partial charge in [-0.2, -0.15) is 0 Å². The Kier molecular flexibility index (Phi) is 5.26.